The number of anilines is 1. The highest BCUT2D eigenvalue weighted by atomic mass is 16.5. The fourth-order valence-corrected chi connectivity index (χ4v) is 4.21. The van der Waals surface area contributed by atoms with Gasteiger partial charge in [-0.25, -0.2) is 9.59 Å². The van der Waals surface area contributed by atoms with Crippen LogP contribution < -0.4 is 5.32 Å². The highest BCUT2D eigenvalue weighted by Gasteiger charge is 2.34. The highest BCUT2D eigenvalue weighted by molar-refractivity contribution is 6.27. The van der Waals surface area contributed by atoms with Gasteiger partial charge in [-0.1, -0.05) is 78.9 Å². The summed E-state index contributed by atoms with van der Waals surface area (Å²) in [5.41, 5.74) is 3.81. The summed E-state index contributed by atoms with van der Waals surface area (Å²) >= 11 is 0. The van der Waals surface area contributed by atoms with E-state index in [1.54, 1.807) is 0 Å². The number of para-hydroxylation sites is 1. The Morgan fingerprint density at radius 1 is 0.778 bits per heavy atom. The number of ether oxygens (including phenoxy) is 1. The van der Waals surface area contributed by atoms with Gasteiger partial charge in [-0.3, -0.25) is 0 Å². The highest BCUT2D eigenvalue weighted by Crippen LogP contribution is 2.28. The van der Waals surface area contributed by atoms with E-state index in [9.17, 15) is 0 Å². The molecule has 3 aromatic rings. The molecule has 1 fully saturated rings. The monoisotopic (exact) mass is 490 g/mol. The standard InChI is InChI=1S/C27H32N2O.C2H2O4/c1-4-10-24(11-5-1)16-19-29-20-17-27(18-21-29,28-26-14-8-3-9-15-26)23-30-22-25-12-6-2-7-13-25;3-1(4)2(5)6/h1-15,28H,16-23H2;(H,3,4)(H,5,6). The molecule has 1 heterocycles. The maximum Gasteiger partial charge on any atom is 0.414 e. The largest absolute Gasteiger partial charge is 0.473 e. The second-order valence-corrected chi connectivity index (χ2v) is 8.94. The molecular formula is C29H34N2O5. The minimum Gasteiger partial charge on any atom is -0.473 e. The van der Waals surface area contributed by atoms with Crippen molar-refractivity contribution in [3.63, 3.8) is 0 Å². The van der Waals surface area contributed by atoms with Gasteiger partial charge in [0.2, 0.25) is 0 Å². The van der Waals surface area contributed by atoms with Crippen LogP contribution in [-0.2, 0) is 27.4 Å². The molecule has 0 aliphatic carbocycles. The van der Waals surface area contributed by atoms with E-state index < -0.39 is 11.9 Å². The molecular weight excluding hydrogens is 456 g/mol. The quantitative estimate of drug-likeness (QED) is 0.379. The molecule has 3 N–H and O–H groups in total. The Balaban J connectivity index is 0.000000538. The van der Waals surface area contributed by atoms with Crippen LogP contribution in [0.4, 0.5) is 5.69 Å². The molecule has 0 amide bonds. The molecule has 0 aromatic heterocycles. The number of nitrogens with zero attached hydrogens (tertiary/aromatic N) is 1. The van der Waals surface area contributed by atoms with Crippen LogP contribution in [0, 0.1) is 0 Å². The molecule has 1 aliphatic rings. The maximum absolute atomic E-state index is 9.10. The van der Waals surface area contributed by atoms with Crippen LogP contribution in [0.25, 0.3) is 0 Å². The minimum atomic E-state index is -1.82. The van der Waals surface area contributed by atoms with E-state index in [2.05, 4.69) is 95.1 Å². The molecule has 3 aromatic carbocycles. The van der Waals surface area contributed by atoms with Gasteiger partial charge in [0.25, 0.3) is 0 Å². The fraction of sp³-hybridized carbons (Fsp3) is 0.310. The van der Waals surface area contributed by atoms with Crippen molar-refractivity contribution in [2.24, 2.45) is 0 Å². The van der Waals surface area contributed by atoms with Gasteiger partial charge in [0.1, 0.15) is 0 Å². The third kappa shape index (κ3) is 9.17. The summed E-state index contributed by atoms with van der Waals surface area (Å²) in [5.74, 6) is -3.65. The molecule has 1 saturated heterocycles. The van der Waals surface area contributed by atoms with E-state index in [-0.39, 0.29) is 5.54 Å². The van der Waals surface area contributed by atoms with E-state index in [1.165, 1.54) is 16.8 Å². The average molecular weight is 491 g/mol. The molecule has 0 spiro atoms. The smallest absolute Gasteiger partial charge is 0.414 e. The Labute approximate surface area is 212 Å². The first-order valence-corrected chi connectivity index (χ1v) is 12.1. The van der Waals surface area contributed by atoms with E-state index >= 15 is 0 Å². The first-order valence-electron chi connectivity index (χ1n) is 12.1. The summed E-state index contributed by atoms with van der Waals surface area (Å²) in [6, 6.07) is 31.8. The number of aliphatic carboxylic acids is 2. The average Bonchev–Trinajstić information content (AvgIpc) is 2.90. The summed E-state index contributed by atoms with van der Waals surface area (Å²) in [4.78, 5) is 20.8. The van der Waals surface area contributed by atoms with Crippen molar-refractivity contribution in [1.82, 2.24) is 4.90 Å². The Bertz CT molecular complexity index is 1040. The van der Waals surface area contributed by atoms with E-state index in [1.807, 2.05) is 6.07 Å². The normalized spacial score (nSPS) is 14.8. The van der Waals surface area contributed by atoms with Crippen LogP contribution in [0.3, 0.4) is 0 Å². The van der Waals surface area contributed by atoms with Gasteiger partial charge in [0.05, 0.1) is 18.8 Å². The van der Waals surface area contributed by atoms with Gasteiger partial charge in [-0.2, -0.15) is 0 Å². The molecule has 190 valence electrons. The Morgan fingerprint density at radius 3 is 1.81 bits per heavy atom. The van der Waals surface area contributed by atoms with Crippen LogP contribution in [0.1, 0.15) is 24.0 Å². The van der Waals surface area contributed by atoms with Gasteiger partial charge in [-0.05, 0) is 42.5 Å². The van der Waals surface area contributed by atoms with Crippen molar-refractivity contribution < 1.29 is 24.5 Å². The summed E-state index contributed by atoms with van der Waals surface area (Å²) in [6.07, 6.45) is 3.29. The second kappa shape index (κ2) is 14.0. The second-order valence-electron chi connectivity index (χ2n) is 8.94. The Morgan fingerprint density at radius 2 is 1.28 bits per heavy atom. The predicted octanol–water partition coefficient (Wildman–Crippen LogP) is 4.55. The number of piperidine rings is 1. The molecule has 7 heteroatoms. The molecule has 36 heavy (non-hydrogen) atoms. The van der Waals surface area contributed by atoms with Crippen LogP contribution in [0.2, 0.25) is 0 Å². The lowest BCUT2D eigenvalue weighted by Gasteiger charge is -2.43. The Kier molecular flexibility index (Phi) is 10.5. The third-order valence-electron chi connectivity index (χ3n) is 6.23. The van der Waals surface area contributed by atoms with Crippen LogP contribution in [-0.4, -0.2) is 58.8 Å². The van der Waals surface area contributed by atoms with Crippen molar-refractivity contribution in [3.05, 3.63) is 102 Å². The molecule has 4 rings (SSSR count). The SMILES string of the molecule is O=C(O)C(=O)O.c1ccc(CCN2CCC(COCc3ccccc3)(Nc3ccccc3)CC2)cc1. The summed E-state index contributed by atoms with van der Waals surface area (Å²) < 4.78 is 6.22. The lowest BCUT2D eigenvalue weighted by molar-refractivity contribution is -0.159. The number of likely N-dealkylation sites (tertiary alicyclic amines) is 1. The lowest BCUT2D eigenvalue weighted by Crippen LogP contribution is -2.52. The maximum atomic E-state index is 9.10. The van der Waals surface area contributed by atoms with E-state index in [0.717, 1.165) is 45.5 Å². The topological polar surface area (TPSA) is 99.1 Å². The number of carboxylic acids is 2. The predicted molar refractivity (Wildman–Crippen MR) is 140 cm³/mol. The molecule has 0 atom stereocenters. The molecule has 0 radical (unpaired) electrons. The van der Waals surface area contributed by atoms with Crippen LogP contribution in [0.5, 0.6) is 0 Å². The van der Waals surface area contributed by atoms with Crippen molar-refractivity contribution in [3.8, 4) is 0 Å². The number of hydrogen-bond donors (Lipinski definition) is 3. The number of hydrogen-bond acceptors (Lipinski definition) is 5. The van der Waals surface area contributed by atoms with Crippen LogP contribution in [0.15, 0.2) is 91.0 Å². The zero-order valence-corrected chi connectivity index (χ0v) is 20.4. The number of rotatable bonds is 9. The van der Waals surface area contributed by atoms with Crippen molar-refractivity contribution in [2.45, 2.75) is 31.4 Å². The Hall–Kier alpha value is -3.68. The fourth-order valence-electron chi connectivity index (χ4n) is 4.21. The number of carboxylic acid groups (broad SMARTS) is 2. The molecule has 0 saturated carbocycles. The van der Waals surface area contributed by atoms with Gasteiger partial charge in [0.15, 0.2) is 0 Å². The zero-order chi connectivity index (χ0) is 25.6. The number of carbonyl (C=O) groups is 2. The first-order chi connectivity index (χ1) is 17.5. The molecule has 1 aliphatic heterocycles. The number of nitrogens with one attached hydrogen (secondary N) is 1. The first kappa shape index (κ1) is 26.9. The number of benzene rings is 3. The lowest BCUT2D eigenvalue weighted by atomic mass is 9.87. The van der Waals surface area contributed by atoms with Crippen LogP contribution >= 0.6 is 0 Å². The van der Waals surface area contributed by atoms with Gasteiger partial charge < -0.3 is 25.2 Å². The summed E-state index contributed by atoms with van der Waals surface area (Å²) in [6.45, 7) is 4.71. The van der Waals surface area contributed by atoms with Crippen molar-refractivity contribution >= 4 is 17.6 Å². The molecule has 7 nitrogen and oxygen atoms in total. The van der Waals surface area contributed by atoms with Gasteiger partial charge in [-0.15, -0.1) is 0 Å². The summed E-state index contributed by atoms with van der Waals surface area (Å²) in [5, 5.41) is 18.6. The van der Waals surface area contributed by atoms with Gasteiger partial charge in [0, 0.05) is 25.3 Å². The zero-order valence-electron chi connectivity index (χ0n) is 20.4. The molecule has 0 bridgehead atoms. The van der Waals surface area contributed by atoms with E-state index in [0.29, 0.717) is 6.61 Å². The van der Waals surface area contributed by atoms with Crippen molar-refractivity contribution in [1.29, 1.82) is 0 Å². The molecule has 0 unspecified atom stereocenters. The van der Waals surface area contributed by atoms with Crippen molar-refractivity contribution in [2.75, 3.05) is 31.6 Å². The summed E-state index contributed by atoms with van der Waals surface area (Å²) in [7, 11) is 0. The van der Waals surface area contributed by atoms with E-state index in [4.69, 9.17) is 24.5 Å². The van der Waals surface area contributed by atoms with Gasteiger partial charge >= 0.3 is 11.9 Å². The third-order valence-corrected chi connectivity index (χ3v) is 6.23. The minimum absolute atomic E-state index is 0.0145.